The molecule has 142 valence electrons. The second kappa shape index (κ2) is 8.92. The molecule has 1 amide bonds. The maximum Gasteiger partial charge on any atom is 0.277 e. The van der Waals surface area contributed by atoms with E-state index in [0.717, 1.165) is 11.8 Å². The number of carbonyl (C=O) groups excluding carboxylic acids is 1. The predicted octanol–water partition coefficient (Wildman–Crippen LogP) is 3.36. The molecule has 0 saturated carbocycles. The maximum atomic E-state index is 12.1. The van der Waals surface area contributed by atoms with Crippen LogP contribution in [0.3, 0.4) is 0 Å². The number of thioether (sulfide) groups is 1. The minimum atomic E-state index is -0.225. The third-order valence-corrected chi connectivity index (χ3v) is 4.45. The van der Waals surface area contributed by atoms with Crippen molar-refractivity contribution in [2.45, 2.75) is 5.22 Å². The highest BCUT2D eigenvalue weighted by Gasteiger charge is 2.13. The molecule has 1 heterocycles. The summed E-state index contributed by atoms with van der Waals surface area (Å²) in [6, 6.07) is 13.9. The van der Waals surface area contributed by atoms with Crippen LogP contribution in [0.5, 0.6) is 11.5 Å². The van der Waals surface area contributed by atoms with Crippen LogP contribution in [0.1, 0.15) is 5.56 Å². The summed E-state index contributed by atoms with van der Waals surface area (Å²) in [5.74, 6) is 1.38. The third-order valence-electron chi connectivity index (χ3n) is 3.63. The van der Waals surface area contributed by atoms with Gasteiger partial charge in [0.15, 0.2) is 0 Å². The molecule has 0 aliphatic rings. The smallest absolute Gasteiger partial charge is 0.277 e. The number of ether oxygens (including phenoxy) is 2. The maximum absolute atomic E-state index is 12.1. The zero-order valence-corrected chi connectivity index (χ0v) is 15.9. The molecule has 0 spiro atoms. The topological polar surface area (TPSA) is 110 Å². The van der Waals surface area contributed by atoms with Crippen LogP contribution in [0.25, 0.3) is 11.5 Å². The van der Waals surface area contributed by atoms with Crippen molar-refractivity contribution in [3.8, 4) is 29.0 Å². The van der Waals surface area contributed by atoms with Gasteiger partial charge in [-0.25, -0.2) is 0 Å². The molecule has 0 fully saturated rings. The van der Waals surface area contributed by atoms with Gasteiger partial charge in [0.1, 0.15) is 11.5 Å². The molecule has 8 nitrogen and oxygen atoms in total. The van der Waals surface area contributed by atoms with E-state index in [1.54, 1.807) is 56.7 Å². The van der Waals surface area contributed by atoms with Gasteiger partial charge in [0, 0.05) is 17.3 Å². The Hall–Kier alpha value is -3.51. The molecule has 0 unspecified atom stereocenters. The molecular formula is C19H16N4O4S. The van der Waals surface area contributed by atoms with Gasteiger partial charge in [0.25, 0.3) is 5.22 Å². The van der Waals surface area contributed by atoms with E-state index < -0.39 is 0 Å². The molecule has 1 N–H and O–H groups in total. The van der Waals surface area contributed by atoms with Crippen LogP contribution in [0.4, 0.5) is 5.69 Å². The van der Waals surface area contributed by atoms with Crippen LogP contribution >= 0.6 is 11.8 Å². The number of nitriles is 1. The summed E-state index contributed by atoms with van der Waals surface area (Å²) in [5, 5.41) is 19.8. The Bertz CT molecular complexity index is 989. The van der Waals surface area contributed by atoms with Gasteiger partial charge in [-0.05, 0) is 36.4 Å². The number of nitrogens with zero attached hydrogens (tertiary/aromatic N) is 3. The Labute approximate surface area is 165 Å². The van der Waals surface area contributed by atoms with Crippen LogP contribution in [0.15, 0.2) is 52.1 Å². The van der Waals surface area contributed by atoms with Gasteiger partial charge >= 0.3 is 0 Å². The largest absolute Gasteiger partial charge is 0.497 e. The number of nitrogens with one attached hydrogen (secondary N) is 1. The highest BCUT2D eigenvalue weighted by molar-refractivity contribution is 7.99. The number of rotatable bonds is 7. The minimum absolute atomic E-state index is 0.100. The van der Waals surface area contributed by atoms with E-state index in [9.17, 15) is 4.79 Å². The van der Waals surface area contributed by atoms with Crippen LogP contribution in [0.2, 0.25) is 0 Å². The van der Waals surface area contributed by atoms with Gasteiger partial charge in [0.2, 0.25) is 11.8 Å². The molecule has 28 heavy (non-hydrogen) atoms. The predicted molar refractivity (Wildman–Crippen MR) is 103 cm³/mol. The summed E-state index contributed by atoms with van der Waals surface area (Å²) in [6.07, 6.45) is 0. The van der Waals surface area contributed by atoms with Crippen molar-refractivity contribution in [3.05, 3.63) is 48.0 Å². The Morgan fingerprint density at radius 2 is 1.82 bits per heavy atom. The van der Waals surface area contributed by atoms with Crippen molar-refractivity contribution in [3.63, 3.8) is 0 Å². The van der Waals surface area contributed by atoms with E-state index in [2.05, 4.69) is 15.5 Å². The van der Waals surface area contributed by atoms with Crippen molar-refractivity contribution in [2.24, 2.45) is 0 Å². The van der Waals surface area contributed by atoms with Crippen molar-refractivity contribution in [1.29, 1.82) is 5.26 Å². The first-order valence-corrected chi connectivity index (χ1v) is 9.09. The molecule has 1 aromatic heterocycles. The van der Waals surface area contributed by atoms with Crippen molar-refractivity contribution < 1.29 is 18.7 Å². The van der Waals surface area contributed by atoms with Gasteiger partial charge in [-0.15, -0.1) is 10.2 Å². The van der Waals surface area contributed by atoms with Crippen LogP contribution < -0.4 is 14.8 Å². The van der Waals surface area contributed by atoms with E-state index in [4.69, 9.17) is 19.2 Å². The zero-order valence-electron chi connectivity index (χ0n) is 15.1. The SMILES string of the molecule is COc1cc(OC)cc(-c2nnc(SCC(=O)Nc3ccc(C#N)cc3)o2)c1. The van der Waals surface area contributed by atoms with Gasteiger partial charge in [-0.2, -0.15) is 5.26 Å². The normalized spacial score (nSPS) is 10.2. The fourth-order valence-electron chi connectivity index (χ4n) is 2.27. The fourth-order valence-corrected chi connectivity index (χ4v) is 2.83. The molecule has 0 radical (unpaired) electrons. The first-order valence-electron chi connectivity index (χ1n) is 8.11. The molecule has 2 aromatic carbocycles. The second-order valence-electron chi connectivity index (χ2n) is 5.50. The first-order chi connectivity index (χ1) is 13.6. The average molecular weight is 396 g/mol. The summed E-state index contributed by atoms with van der Waals surface area (Å²) in [7, 11) is 3.11. The number of benzene rings is 2. The monoisotopic (exact) mass is 396 g/mol. The number of aromatic nitrogens is 2. The number of anilines is 1. The lowest BCUT2D eigenvalue weighted by molar-refractivity contribution is -0.113. The summed E-state index contributed by atoms with van der Waals surface area (Å²) < 4.78 is 16.1. The minimum Gasteiger partial charge on any atom is -0.497 e. The molecule has 0 saturated heterocycles. The lowest BCUT2D eigenvalue weighted by atomic mass is 10.2. The highest BCUT2D eigenvalue weighted by atomic mass is 32.2. The molecular weight excluding hydrogens is 380 g/mol. The van der Waals surface area contributed by atoms with Gasteiger partial charge < -0.3 is 19.2 Å². The third kappa shape index (κ3) is 4.81. The summed E-state index contributed by atoms with van der Waals surface area (Å²) in [6.45, 7) is 0. The van der Waals surface area contributed by atoms with E-state index >= 15 is 0 Å². The van der Waals surface area contributed by atoms with E-state index in [1.165, 1.54) is 0 Å². The highest BCUT2D eigenvalue weighted by Crippen LogP contribution is 2.30. The molecule has 0 aliphatic heterocycles. The van der Waals surface area contributed by atoms with Crippen molar-refractivity contribution >= 4 is 23.4 Å². The van der Waals surface area contributed by atoms with E-state index in [1.807, 2.05) is 6.07 Å². The lowest BCUT2D eigenvalue weighted by Gasteiger charge is -2.05. The van der Waals surface area contributed by atoms with Crippen LogP contribution in [-0.2, 0) is 4.79 Å². The van der Waals surface area contributed by atoms with Crippen molar-refractivity contribution in [1.82, 2.24) is 10.2 Å². The lowest BCUT2D eigenvalue weighted by Crippen LogP contribution is -2.13. The summed E-state index contributed by atoms with van der Waals surface area (Å²) in [4.78, 5) is 12.1. The fraction of sp³-hybridized carbons (Fsp3) is 0.158. The number of methoxy groups -OCH3 is 2. The van der Waals surface area contributed by atoms with Crippen molar-refractivity contribution in [2.75, 3.05) is 25.3 Å². The Morgan fingerprint density at radius 1 is 1.14 bits per heavy atom. The molecule has 0 atom stereocenters. The number of hydrogen-bond acceptors (Lipinski definition) is 8. The standard InChI is InChI=1S/C19H16N4O4S/c1-25-15-7-13(8-16(9-15)26-2)18-22-23-19(27-18)28-11-17(24)21-14-5-3-12(10-20)4-6-14/h3-9H,11H2,1-2H3,(H,21,24). The molecule has 0 aliphatic carbocycles. The first kappa shape index (κ1) is 19.3. The van der Waals surface area contributed by atoms with E-state index in [-0.39, 0.29) is 16.9 Å². The van der Waals surface area contributed by atoms with Gasteiger partial charge in [-0.3, -0.25) is 4.79 Å². The zero-order chi connectivity index (χ0) is 19.9. The van der Waals surface area contributed by atoms with E-state index in [0.29, 0.717) is 34.2 Å². The second-order valence-corrected chi connectivity index (χ2v) is 6.43. The average Bonchev–Trinajstić information content (AvgIpc) is 3.21. The Balaban J connectivity index is 1.61. The molecule has 3 rings (SSSR count). The van der Waals surface area contributed by atoms with Crippen LogP contribution in [0, 0.1) is 11.3 Å². The quantitative estimate of drug-likeness (QED) is 0.605. The Kier molecular flexibility index (Phi) is 6.14. The van der Waals surface area contributed by atoms with Crippen LogP contribution in [-0.4, -0.2) is 36.1 Å². The molecule has 3 aromatic rings. The van der Waals surface area contributed by atoms with Gasteiger partial charge in [0.05, 0.1) is 31.6 Å². The molecule has 0 bridgehead atoms. The number of hydrogen-bond donors (Lipinski definition) is 1. The summed E-state index contributed by atoms with van der Waals surface area (Å²) >= 11 is 1.12. The number of carbonyl (C=O) groups is 1. The Morgan fingerprint density at radius 3 is 2.43 bits per heavy atom. The number of amides is 1. The summed E-state index contributed by atoms with van der Waals surface area (Å²) in [5.41, 5.74) is 1.79. The van der Waals surface area contributed by atoms with Gasteiger partial charge in [-0.1, -0.05) is 11.8 Å². The molecule has 9 heteroatoms.